The minimum absolute atomic E-state index is 0.0426. The van der Waals surface area contributed by atoms with Gasteiger partial charge in [-0.3, -0.25) is 4.79 Å². The summed E-state index contributed by atoms with van der Waals surface area (Å²) in [7, 11) is 1.57. The van der Waals surface area contributed by atoms with Crippen LogP contribution in [0.2, 0.25) is 0 Å². The number of methoxy groups -OCH3 is 1. The molecule has 0 bridgehead atoms. The lowest BCUT2D eigenvalue weighted by atomic mass is 10.1. The Balaban J connectivity index is 2.39. The molecule has 0 aromatic heterocycles. The van der Waals surface area contributed by atoms with Crippen molar-refractivity contribution in [1.82, 2.24) is 0 Å². The first-order valence-corrected chi connectivity index (χ1v) is 5.65. The second-order valence-electron chi connectivity index (χ2n) is 3.72. The van der Waals surface area contributed by atoms with Gasteiger partial charge in [0.2, 0.25) is 0 Å². The highest BCUT2D eigenvalue weighted by molar-refractivity contribution is 5.94. The summed E-state index contributed by atoms with van der Waals surface area (Å²) in [4.78, 5) is 11.1. The minimum Gasteiger partial charge on any atom is -0.491 e. The van der Waals surface area contributed by atoms with Crippen LogP contribution in [-0.4, -0.2) is 32.9 Å². The van der Waals surface area contributed by atoms with Crippen LogP contribution in [0.3, 0.4) is 0 Å². The first kappa shape index (κ1) is 14.4. The summed E-state index contributed by atoms with van der Waals surface area (Å²) in [6, 6.07) is 7.14. The van der Waals surface area contributed by atoms with Crippen molar-refractivity contribution in [3.05, 3.63) is 42.0 Å². The third-order valence-electron chi connectivity index (χ3n) is 2.32. The van der Waals surface area contributed by atoms with Crippen molar-refractivity contribution in [3.8, 4) is 0 Å². The van der Waals surface area contributed by atoms with Gasteiger partial charge in [0.25, 0.3) is 0 Å². The van der Waals surface area contributed by atoms with Crippen molar-refractivity contribution >= 4 is 11.5 Å². The molecule has 0 aliphatic rings. The number of carbonyl (C=O) groups is 1. The predicted octanol–water partition coefficient (Wildman–Crippen LogP) is 2.50. The van der Waals surface area contributed by atoms with Crippen molar-refractivity contribution in [2.75, 3.05) is 27.1 Å². The molecule has 0 saturated heterocycles. The van der Waals surface area contributed by atoms with Crippen molar-refractivity contribution < 1.29 is 19.0 Å². The third-order valence-corrected chi connectivity index (χ3v) is 2.32. The van der Waals surface area contributed by atoms with E-state index >= 15 is 0 Å². The van der Waals surface area contributed by atoms with E-state index in [0.717, 1.165) is 5.56 Å². The maximum absolute atomic E-state index is 11.1. The smallest absolute Gasteiger partial charge is 0.159 e. The molecule has 0 amide bonds. The zero-order valence-corrected chi connectivity index (χ0v) is 10.8. The van der Waals surface area contributed by atoms with Gasteiger partial charge < -0.3 is 14.2 Å². The summed E-state index contributed by atoms with van der Waals surface area (Å²) in [5, 5.41) is 0. The molecule has 0 aliphatic carbocycles. The van der Waals surface area contributed by atoms with Crippen molar-refractivity contribution in [3.63, 3.8) is 0 Å². The van der Waals surface area contributed by atoms with Crippen LogP contribution in [-0.2, 0) is 14.2 Å². The van der Waals surface area contributed by atoms with E-state index in [-0.39, 0.29) is 12.6 Å². The molecule has 0 fully saturated rings. The number of carbonyl (C=O) groups excluding carboxylic acids is 1. The van der Waals surface area contributed by atoms with Gasteiger partial charge in [0, 0.05) is 18.2 Å². The van der Waals surface area contributed by atoms with E-state index in [9.17, 15) is 4.79 Å². The Bertz CT molecular complexity index is 395. The molecular weight excluding hydrogens is 232 g/mol. The second-order valence-corrected chi connectivity index (χ2v) is 3.72. The number of Topliss-reactive ketones (excluding diaryl/α,β-unsaturated/α-hetero) is 1. The Labute approximate surface area is 107 Å². The number of ether oxygens (including phenoxy) is 3. The molecule has 0 radical (unpaired) electrons. The van der Waals surface area contributed by atoms with Gasteiger partial charge in [0.15, 0.2) is 5.78 Å². The molecular formula is C14H18O4. The summed E-state index contributed by atoms with van der Waals surface area (Å²) in [6.45, 7) is 6.47. The van der Waals surface area contributed by atoms with Crippen LogP contribution in [0.4, 0.5) is 0 Å². The molecule has 0 atom stereocenters. The molecule has 0 heterocycles. The van der Waals surface area contributed by atoms with Gasteiger partial charge in [-0.2, -0.15) is 0 Å². The normalized spacial score (nSPS) is 10.1. The number of benzene rings is 1. The Kier molecular flexibility index (Phi) is 6.11. The molecule has 0 saturated carbocycles. The summed E-state index contributed by atoms with van der Waals surface area (Å²) in [6.07, 6.45) is 0. The topological polar surface area (TPSA) is 44.8 Å². The molecule has 18 heavy (non-hydrogen) atoms. The molecule has 1 aromatic carbocycles. The van der Waals surface area contributed by atoms with Gasteiger partial charge in [0.1, 0.15) is 19.2 Å². The van der Waals surface area contributed by atoms with Crippen LogP contribution in [0.25, 0.3) is 5.76 Å². The fraction of sp³-hybridized carbons (Fsp3) is 0.357. The maximum Gasteiger partial charge on any atom is 0.159 e. The Morgan fingerprint density at radius 1 is 1.17 bits per heavy atom. The number of hydrogen-bond donors (Lipinski definition) is 0. The van der Waals surface area contributed by atoms with Gasteiger partial charge in [-0.1, -0.05) is 30.8 Å². The number of rotatable bonds is 8. The van der Waals surface area contributed by atoms with Gasteiger partial charge in [-0.15, -0.1) is 0 Å². The average Bonchev–Trinajstić information content (AvgIpc) is 2.38. The highest BCUT2D eigenvalue weighted by atomic mass is 16.7. The van der Waals surface area contributed by atoms with Crippen LogP contribution in [0.15, 0.2) is 30.8 Å². The average molecular weight is 250 g/mol. The van der Waals surface area contributed by atoms with Gasteiger partial charge in [-0.05, 0) is 6.92 Å². The fourth-order valence-corrected chi connectivity index (χ4v) is 1.34. The lowest BCUT2D eigenvalue weighted by molar-refractivity contribution is -0.0410. The number of ketones is 1. The minimum atomic E-state index is 0.0426. The van der Waals surface area contributed by atoms with Crippen molar-refractivity contribution in [2.24, 2.45) is 0 Å². The van der Waals surface area contributed by atoms with E-state index in [1.807, 2.05) is 12.1 Å². The summed E-state index contributed by atoms with van der Waals surface area (Å²) >= 11 is 0. The second kappa shape index (κ2) is 7.63. The molecule has 0 aliphatic heterocycles. The molecule has 1 rings (SSSR count). The monoisotopic (exact) mass is 250 g/mol. The van der Waals surface area contributed by atoms with Gasteiger partial charge in [0.05, 0.1) is 6.61 Å². The van der Waals surface area contributed by atoms with E-state index in [1.54, 1.807) is 19.2 Å². The fourth-order valence-electron chi connectivity index (χ4n) is 1.34. The molecule has 0 N–H and O–H groups in total. The molecule has 98 valence electrons. The van der Waals surface area contributed by atoms with Gasteiger partial charge >= 0.3 is 0 Å². The SMILES string of the molecule is C=C(OCCOCOC)c1ccc(C(C)=O)cc1. The lowest BCUT2D eigenvalue weighted by Crippen LogP contribution is -2.05. The zero-order chi connectivity index (χ0) is 13.4. The Morgan fingerprint density at radius 2 is 1.78 bits per heavy atom. The first-order chi connectivity index (χ1) is 8.65. The van der Waals surface area contributed by atoms with Gasteiger partial charge in [-0.25, -0.2) is 0 Å². The maximum atomic E-state index is 11.1. The highest BCUT2D eigenvalue weighted by Crippen LogP contribution is 2.14. The van der Waals surface area contributed by atoms with Crippen molar-refractivity contribution in [1.29, 1.82) is 0 Å². The van der Waals surface area contributed by atoms with Crippen LogP contribution in [0, 0.1) is 0 Å². The molecule has 0 unspecified atom stereocenters. The van der Waals surface area contributed by atoms with E-state index in [0.29, 0.717) is 24.5 Å². The lowest BCUT2D eigenvalue weighted by Gasteiger charge is -2.09. The summed E-state index contributed by atoms with van der Waals surface area (Å²) in [5.74, 6) is 0.604. The Morgan fingerprint density at radius 3 is 2.33 bits per heavy atom. The van der Waals surface area contributed by atoms with Crippen LogP contribution in [0.1, 0.15) is 22.8 Å². The molecule has 1 aromatic rings. The third kappa shape index (κ3) is 4.69. The Hall–Kier alpha value is -1.65. The molecule has 4 nitrogen and oxygen atoms in total. The summed E-state index contributed by atoms with van der Waals surface area (Å²) in [5.41, 5.74) is 1.53. The van der Waals surface area contributed by atoms with E-state index < -0.39 is 0 Å². The van der Waals surface area contributed by atoms with E-state index in [2.05, 4.69) is 6.58 Å². The first-order valence-electron chi connectivity index (χ1n) is 5.65. The van der Waals surface area contributed by atoms with Crippen molar-refractivity contribution in [2.45, 2.75) is 6.92 Å². The summed E-state index contributed by atoms with van der Waals surface area (Å²) < 4.78 is 15.2. The quantitative estimate of drug-likeness (QED) is 0.308. The van der Waals surface area contributed by atoms with E-state index in [4.69, 9.17) is 14.2 Å². The molecule has 0 spiro atoms. The highest BCUT2D eigenvalue weighted by Gasteiger charge is 2.02. The van der Waals surface area contributed by atoms with E-state index in [1.165, 1.54) is 6.92 Å². The number of hydrogen-bond acceptors (Lipinski definition) is 4. The van der Waals surface area contributed by atoms with Crippen LogP contribution >= 0.6 is 0 Å². The van der Waals surface area contributed by atoms with Crippen LogP contribution < -0.4 is 0 Å². The van der Waals surface area contributed by atoms with Crippen LogP contribution in [0.5, 0.6) is 0 Å². The molecule has 4 heteroatoms. The zero-order valence-electron chi connectivity index (χ0n) is 10.8. The predicted molar refractivity (Wildman–Crippen MR) is 69.3 cm³/mol. The standard InChI is InChI=1S/C14H18O4/c1-11(15)13-4-6-14(7-5-13)12(2)18-9-8-17-10-16-3/h4-7H,2,8-10H2,1,3H3. The largest absolute Gasteiger partial charge is 0.491 e.